The molecule has 2 fully saturated rings. The fourth-order valence-electron chi connectivity index (χ4n) is 2.50. The van der Waals surface area contributed by atoms with Gasteiger partial charge in [0.2, 0.25) is 23.6 Å². The molecular weight excluding hydrogens is 348 g/mol. The molecule has 4 N–H and O–H groups in total. The van der Waals surface area contributed by atoms with Crippen LogP contribution in [0.3, 0.4) is 0 Å². The Morgan fingerprint density at radius 3 is 2.52 bits per heavy atom. The maximum Gasteiger partial charge on any atom is 0.242 e. The van der Waals surface area contributed by atoms with Gasteiger partial charge in [-0.25, -0.2) is 0 Å². The third-order valence-corrected chi connectivity index (χ3v) is 4.48. The predicted molar refractivity (Wildman–Crippen MR) is 91.4 cm³/mol. The zero-order valence-electron chi connectivity index (χ0n) is 13.9. The number of nitrogens with zero attached hydrogens (tertiary/aromatic N) is 1. The topological polar surface area (TPSA) is 134 Å². The van der Waals surface area contributed by atoms with Gasteiger partial charge in [-0.3, -0.25) is 24.1 Å². The van der Waals surface area contributed by atoms with E-state index >= 15 is 0 Å². The summed E-state index contributed by atoms with van der Waals surface area (Å²) in [6.45, 7) is 0.627. The number of carbonyl (C=O) groups is 4. The van der Waals surface area contributed by atoms with Crippen LogP contribution >= 0.6 is 12.6 Å². The van der Waals surface area contributed by atoms with Gasteiger partial charge in [0.25, 0.3) is 0 Å². The molecule has 2 aliphatic heterocycles. The van der Waals surface area contributed by atoms with E-state index < -0.39 is 5.25 Å². The van der Waals surface area contributed by atoms with Gasteiger partial charge in [-0.2, -0.15) is 12.6 Å². The molecule has 4 amide bonds. The summed E-state index contributed by atoms with van der Waals surface area (Å²) < 4.78 is 4.95. The van der Waals surface area contributed by atoms with Gasteiger partial charge in [-0.05, 0) is 12.8 Å². The molecule has 2 heterocycles. The number of unbranched alkanes of at least 4 members (excludes halogenated alkanes) is 2. The van der Waals surface area contributed by atoms with Gasteiger partial charge >= 0.3 is 0 Å². The second-order valence-electron chi connectivity index (χ2n) is 6.13. The largest absolute Gasteiger partial charge is 0.352 e. The molecule has 140 valence electrons. The van der Waals surface area contributed by atoms with E-state index in [9.17, 15) is 19.2 Å². The maximum atomic E-state index is 11.7. The Bertz CT molecular complexity index is 544. The third-order valence-electron chi connectivity index (χ3n) is 4.07. The van der Waals surface area contributed by atoms with Crippen molar-refractivity contribution in [2.75, 3.05) is 19.6 Å². The molecule has 0 spiro atoms. The van der Waals surface area contributed by atoms with Crippen LogP contribution in [0.5, 0.6) is 0 Å². The summed E-state index contributed by atoms with van der Waals surface area (Å²) in [6, 6.07) is 0. The molecule has 2 aliphatic rings. The lowest BCUT2D eigenvalue weighted by atomic mass is 10.2. The van der Waals surface area contributed by atoms with Crippen LogP contribution in [0.25, 0.3) is 0 Å². The average Bonchev–Trinajstić information content (AvgIpc) is 3.22. The fraction of sp³-hybridized carbons (Fsp3) is 0.733. The van der Waals surface area contributed by atoms with E-state index in [0.717, 1.165) is 0 Å². The van der Waals surface area contributed by atoms with Crippen molar-refractivity contribution < 1.29 is 23.9 Å². The van der Waals surface area contributed by atoms with Crippen molar-refractivity contribution in [3.63, 3.8) is 0 Å². The average molecular weight is 372 g/mol. The summed E-state index contributed by atoms with van der Waals surface area (Å²) in [5.41, 5.74) is 5.43. The molecule has 0 aromatic heterocycles. The van der Waals surface area contributed by atoms with E-state index in [1.807, 2.05) is 0 Å². The van der Waals surface area contributed by atoms with Crippen LogP contribution in [-0.4, -0.2) is 65.7 Å². The number of hydrogen-bond donors (Lipinski definition) is 4. The lowest BCUT2D eigenvalue weighted by Gasteiger charge is -2.13. The number of nitrogens with two attached hydrogens (primary N) is 1. The molecule has 3 atom stereocenters. The van der Waals surface area contributed by atoms with Crippen molar-refractivity contribution in [2.45, 2.75) is 49.7 Å². The van der Waals surface area contributed by atoms with Crippen LogP contribution in [0, 0.1) is 0 Å². The number of rotatable bonds is 10. The van der Waals surface area contributed by atoms with Crippen LogP contribution in [0.4, 0.5) is 0 Å². The summed E-state index contributed by atoms with van der Waals surface area (Å²) in [6.07, 6.45) is 2.00. The molecule has 3 unspecified atom stereocenters. The van der Waals surface area contributed by atoms with Gasteiger partial charge in [0.15, 0.2) is 0 Å². The van der Waals surface area contributed by atoms with Crippen LogP contribution < -0.4 is 16.4 Å². The molecule has 0 bridgehead atoms. The first kappa shape index (κ1) is 19.7. The minimum atomic E-state index is -0.522. The van der Waals surface area contributed by atoms with Gasteiger partial charge in [0, 0.05) is 25.9 Å². The molecule has 2 saturated heterocycles. The van der Waals surface area contributed by atoms with Crippen LogP contribution in [0.1, 0.15) is 32.1 Å². The number of carbonyl (C=O) groups excluding carboxylic acids is 4. The second kappa shape index (κ2) is 9.16. The van der Waals surface area contributed by atoms with Gasteiger partial charge in [0.05, 0.1) is 11.8 Å². The van der Waals surface area contributed by atoms with Crippen molar-refractivity contribution in [2.24, 2.45) is 5.73 Å². The van der Waals surface area contributed by atoms with Crippen LogP contribution in [0.15, 0.2) is 0 Å². The minimum Gasteiger partial charge on any atom is -0.352 e. The molecule has 2 rings (SSSR count). The molecule has 0 aromatic rings. The minimum absolute atomic E-state index is 0.0824. The zero-order chi connectivity index (χ0) is 18.4. The Labute approximate surface area is 151 Å². The van der Waals surface area contributed by atoms with E-state index in [-0.39, 0.29) is 48.9 Å². The molecule has 0 aliphatic carbocycles. The molecule has 9 nitrogen and oxygen atoms in total. The van der Waals surface area contributed by atoms with E-state index in [1.165, 1.54) is 4.90 Å². The van der Waals surface area contributed by atoms with E-state index in [1.54, 1.807) is 0 Å². The number of thiol groups is 1. The zero-order valence-corrected chi connectivity index (χ0v) is 14.8. The Balaban J connectivity index is 1.47. The smallest absolute Gasteiger partial charge is 0.242 e. The Kier molecular flexibility index (Phi) is 7.21. The highest BCUT2D eigenvalue weighted by Gasteiger charge is 2.36. The molecule has 0 aromatic carbocycles. The van der Waals surface area contributed by atoms with E-state index in [4.69, 9.17) is 10.5 Å². The van der Waals surface area contributed by atoms with Crippen LogP contribution in [0.2, 0.25) is 0 Å². The Hall–Kier alpha value is -1.65. The number of hydrogen-bond acceptors (Lipinski definition) is 7. The number of imide groups is 1. The van der Waals surface area contributed by atoms with Gasteiger partial charge in [0.1, 0.15) is 12.3 Å². The number of likely N-dealkylation sites (tertiary alicyclic amines) is 1. The fourth-order valence-corrected chi connectivity index (χ4v) is 2.79. The standard InChI is InChI=1S/C15H24N4O5S/c16-14-9(24-14)7-17-12(21)8-18-11(20)4-2-1-3-5-19-13(22)6-10(25)15(19)23/h9-10,14,25H,1-8,16H2,(H,17,21)(H,18,20). The first-order chi connectivity index (χ1) is 11.9. The Morgan fingerprint density at radius 2 is 1.92 bits per heavy atom. The maximum absolute atomic E-state index is 11.7. The van der Waals surface area contributed by atoms with E-state index in [0.29, 0.717) is 38.8 Å². The van der Waals surface area contributed by atoms with Crippen molar-refractivity contribution in [1.82, 2.24) is 15.5 Å². The SMILES string of the molecule is NC1OC1CNC(=O)CNC(=O)CCCCCN1C(=O)CC(S)C1=O. The molecule has 0 saturated carbocycles. The highest BCUT2D eigenvalue weighted by atomic mass is 32.1. The van der Waals surface area contributed by atoms with Crippen molar-refractivity contribution >= 4 is 36.3 Å². The summed E-state index contributed by atoms with van der Waals surface area (Å²) in [4.78, 5) is 47.6. The molecule has 10 heteroatoms. The van der Waals surface area contributed by atoms with Crippen LogP contribution in [-0.2, 0) is 23.9 Å². The summed E-state index contributed by atoms with van der Waals surface area (Å²) in [7, 11) is 0. The summed E-state index contributed by atoms with van der Waals surface area (Å²) in [5.74, 6) is -0.928. The monoisotopic (exact) mass is 372 g/mol. The highest BCUT2D eigenvalue weighted by Crippen LogP contribution is 2.18. The number of amides is 4. The predicted octanol–water partition coefficient (Wildman–Crippen LogP) is -1.48. The normalized spacial score (nSPS) is 25.2. The third kappa shape index (κ3) is 6.29. The highest BCUT2D eigenvalue weighted by molar-refractivity contribution is 7.81. The van der Waals surface area contributed by atoms with Gasteiger partial charge in [-0.15, -0.1) is 0 Å². The van der Waals surface area contributed by atoms with Crippen molar-refractivity contribution in [3.8, 4) is 0 Å². The van der Waals surface area contributed by atoms with Crippen molar-refractivity contribution in [1.29, 1.82) is 0 Å². The molecule has 25 heavy (non-hydrogen) atoms. The summed E-state index contributed by atoms with van der Waals surface area (Å²) in [5, 5.41) is 4.63. The number of ether oxygens (including phenoxy) is 1. The number of epoxide rings is 1. The quantitative estimate of drug-likeness (QED) is 0.160. The van der Waals surface area contributed by atoms with E-state index in [2.05, 4.69) is 23.3 Å². The molecule has 0 radical (unpaired) electrons. The Morgan fingerprint density at radius 1 is 1.20 bits per heavy atom. The second-order valence-corrected chi connectivity index (χ2v) is 6.76. The first-order valence-electron chi connectivity index (χ1n) is 8.35. The van der Waals surface area contributed by atoms with Crippen molar-refractivity contribution in [3.05, 3.63) is 0 Å². The lowest BCUT2D eigenvalue weighted by molar-refractivity contribution is -0.138. The molecular formula is C15H24N4O5S. The van der Waals surface area contributed by atoms with Gasteiger partial charge < -0.3 is 21.1 Å². The van der Waals surface area contributed by atoms with Gasteiger partial charge in [-0.1, -0.05) is 6.42 Å². The summed E-state index contributed by atoms with van der Waals surface area (Å²) >= 11 is 4.06. The first-order valence-corrected chi connectivity index (χ1v) is 8.87. The number of nitrogens with one attached hydrogen (secondary N) is 2. The lowest BCUT2D eigenvalue weighted by Crippen LogP contribution is -2.38.